The smallest absolute Gasteiger partial charge is 0.329 e. The Kier molecular flexibility index (Phi) is 19.9. The van der Waals surface area contributed by atoms with Gasteiger partial charge in [0.25, 0.3) is 15.9 Å². The molecule has 290 valence electrons. The van der Waals surface area contributed by atoms with E-state index in [9.17, 15) is 22.8 Å². The number of nitrogens with zero attached hydrogens (tertiary/aromatic N) is 1. The predicted molar refractivity (Wildman–Crippen MR) is 197 cm³/mol. The van der Waals surface area contributed by atoms with Crippen molar-refractivity contribution in [2.45, 2.75) is 43.9 Å². The molecule has 1 heterocycles. The number of benzene rings is 2. The predicted octanol–water partition coefficient (Wildman–Crippen LogP) is 3.23. The molecule has 0 saturated carbocycles. The maximum Gasteiger partial charge on any atom is 0.329 e. The van der Waals surface area contributed by atoms with Gasteiger partial charge in [-0.1, -0.05) is 44.0 Å². The van der Waals surface area contributed by atoms with E-state index >= 15 is 0 Å². The number of anilines is 1. The SMILES string of the molecule is CCCCCc1ccc(CCOc2ccc(S(=O)(=O)Nc3ccc(C(=O)NCCOCCOCC(=O)NCCOCCOCC(=O)O)cn3)cc2)cc1. The molecule has 0 spiro atoms. The molecule has 0 aliphatic rings. The van der Waals surface area contributed by atoms with Gasteiger partial charge in [0.2, 0.25) is 5.91 Å². The van der Waals surface area contributed by atoms with Crippen LogP contribution in [-0.4, -0.2) is 109 Å². The number of hydrogen-bond donors (Lipinski definition) is 4. The van der Waals surface area contributed by atoms with E-state index in [-0.39, 0.29) is 88.1 Å². The lowest BCUT2D eigenvalue weighted by Crippen LogP contribution is -2.31. The van der Waals surface area contributed by atoms with Crippen molar-refractivity contribution in [2.24, 2.45) is 0 Å². The van der Waals surface area contributed by atoms with Crippen molar-refractivity contribution in [3.8, 4) is 5.75 Å². The third kappa shape index (κ3) is 18.1. The van der Waals surface area contributed by atoms with Crippen LogP contribution >= 0.6 is 0 Å². The van der Waals surface area contributed by atoms with Crippen LogP contribution in [0.2, 0.25) is 0 Å². The van der Waals surface area contributed by atoms with Crippen LogP contribution in [0.1, 0.15) is 47.7 Å². The Morgan fingerprint density at radius 2 is 1.32 bits per heavy atom. The summed E-state index contributed by atoms with van der Waals surface area (Å²) in [6.45, 7) is 3.80. The second kappa shape index (κ2) is 24.6. The summed E-state index contributed by atoms with van der Waals surface area (Å²) in [6, 6.07) is 17.6. The lowest BCUT2D eigenvalue weighted by Gasteiger charge is -2.10. The van der Waals surface area contributed by atoms with Gasteiger partial charge in [-0.3, -0.25) is 14.3 Å². The molecule has 0 aliphatic heterocycles. The number of carbonyl (C=O) groups is 3. The highest BCUT2D eigenvalue weighted by molar-refractivity contribution is 7.92. The van der Waals surface area contributed by atoms with Crippen LogP contribution in [-0.2, 0) is 51.4 Å². The average molecular weight is 759 g/mol. The second-order valence-corrected chi connectivity index (χ2v) is 13.4. The third-order valence-corrected chi connectivity index (χ3v) is 8.82. The van der Waals surface area contributed by atoms with Crippen LogP contribution in [0.25, 0.3) is 0 Å². The van der Waals surface area contributed by atoms with Crippen molar-refractivity contribution in [1.82, 2.24) is 15.6 Å². The highest BCUT2D eigenvalue weighted by atomic mass is 32.2. The number of aliphatic carboxylic acids is 1. The summed E-state index contributed by atoms with van der Waals surface area (Å²) in [5, 5.41) is 13.8. The second-order valence-electron chi connectivity index (χ2n) is 11.7. The van der Waals surface area contributed by atoms with Crippen molar-refractivity contribution in [3.05, 3.63) is 83.6 Å². The number of amides is 2. The van der Waals surface area contributed by atoms with E-state index in [1.165, 1.54) is 60.9 Å². The number of nitrogens with one attached hydrogen (secondary N) is 3. The standard InChI is InChI=1S/C37H50N4O11S/c1-2-3-4-5-29-6-8-30(9-7-29)16-19-52-32-11-13-33(14-12-32)53(46,47)41-34-15-10-31(26-40-34)37(45)39-18-21-49-22-24-50-27-35(42)38-17-20-48-23-25-51-28-36(43)44/h6-15,26H,2-5,16-25,27-28H2,1H3,(H,38,42)(H,39,45)(H,40,41)(H,43,44). The fourth-order valence-electron chi connectivity index (χ4n) is 4.66. The quantitative estimate of drug-likeness (QED) is 0.0790. The minimum atomic E-state index is -3.92. The maximum atomic E-state index is 12.9. The number of pyridine rings is 1. The fourth-order valence-corrected chi connectivity index (χ4v) is 5.66. The van der Waals surface area contributed by atoms with E-state index in [2.05, 4.69) is 51.5 Å². The first-order chi connectivity index (χ1) is 25.7. The summed E-state index contributed by atoms with van der Waals surface area (Å²) in [6.07, 6.45) is 6.75. The van der Waals surface area contributed by atoms with Gasteiger partial charge in [0.05, 0.1) is 56.7 Å². The van der Waals surface area contributed by atoms with Gasteiger partial charge in [-0.05, 0) is 60.4 Å². The molecule has 0 aliphatic carbocycles. The summed E-state index contributed by atoms with van der Waals surface area (Å²) >= 11 is 0. The van der Waals surface area contributed by atoms with Crippen LogP contribution in [0.3, 0.4) is 0 Å². The molecule has 0 fully saturated rings. The molecule has 2 aromatic carbocycles. The molecule has 53 heavy (non-hydrogen) atoms. The van der Waals surface area contributed by atoms with Crippen molar-refractivity contribution in [3.63, 3.8) is 0 Å². The number of rotatable bonds is 28. The largest absolute Gasteiger partial charge is 0.493 e. The zero-order valence-electron chi connectivity index (χ0n) is 30.0. The van der Waals surface area contributed by atoms with E-state index in [1.807, 2.05) is 0 Å². The number of ether oxygens (including phenoxy) is 5. The van der Waals surface area contributed by atoms with Crippen LogP contribution in [0.15, 0.2) is 71.8 Å². The van der Waals surface area contributed by atoms with Crippen molar-refractivity contribution >= 4 is 33.6 Å². The van der Waals surface area contributed by atoms with E-state index in [1.54, 1.807) is 12.1 Å². The van der Waals surface area contributed by atoms with Gasteiger partial charge in [-0.25, -0.2) is 18.2 Å². The molecule has 1 aromatic heterocycles. The number of carbonyl (C=O) groups excluding carboxylic acids is 2. The van der Waals surface area contributed by atoms with Crippen LogP contribution in [0, 0.1) is 0 Å². The molecular formula is C37H50N4O11S. The minimum Gasteiger partial charge on any atom is -0.493 e. The molecule has 0 bridgehead atoms. The Hall–Kier alpha value is -4.61. The molecule has 0 saturated heterocycles. The lowest BCUT2D eigenvalue weighted by molar-refractivity contribution is -0.142. The summed E-state index contributed by atoms with van der Waals surface area (Å²) in [5.41, 5.74) is 2.76. The van der Waals surface area contributed by atoms with Gasteiger partial charge in [-0.2, -0.15) is 0 Å². The Labute approximate surface area is 310 Å². The lowest BCUT2D eigenvalue weighted by atomic mass is 10.0. The van der Waals surface area contributed by atoms with Crippen molar-refractivity contribution in [2.75, 3.05) is 77.3 Å². The van der Waals surface area contributed by atoms with E-state index < -0.39 is 21.9 Å². The van der Waals surface area contributed by atoms with Crippen LogP contribution < -0.4 is 20.1 Å². The van der Waals surface area contributed by atoms with E-state index in [4.69, 9.17) is 28.8 Å². The number of hydrogen-bond acceptors (Lipinski definition) is 11. The molecule has 3 rings (SSSR count). The number of carboxylic acids is 1. The summed E-state index contributed by atoms with van der Waals surface area (Å²) < 4.78 is 54.7. The monoisotopic (exact) mass is 758 g/mol. The fraction of sp³-hybridized carbons (Fsp3) is 0.459. The molecule has 2 amide bonds. The number of carboxylic acid groups (broad SMARTS) is 1. The molecule has 0 unspecified atom stereocenters. The first-order valence-corrected chi connectivity index (χ1v) is 19.0. The van der Waals surface area contributed by atoms with E-state index in [0.717, 1.165) is 12.8 Å². The molecule has 4 N–H and O–H groups in total. The number of unbranched alkanes of at least 4 members (excludes halogenated alkanes) is 2. The summed E-state index contributed by atoms with van der Waals surface area (Å²) in [4.78, 5) is 38.6. The van der Waals surface area contributed by atoms with Gasteiger partial charge < -0.3 is 39.4 Å². The third-order valence-electron chi connectivity index (χ3n) is 7.45. The minimum absolute atomic E-state index is 0.0434. The first-order valence-electron chi connectivity index (χ1n) is 17.5. The Morgan fingerprint density at radius 3 is 1.94 bits per heavy atom. The number of aryl methyl sites for hydroxylation is 1. The Balaban J connectivity index is 1.25. The summed E-state index contributed by atoms with van der Waals surface area (Å²) in [5.74, 6) is -1.16. The number of sulfonamides is 1. The zero-order valence-corrected chi connectivity index (χ0v) is 30.9. The van der Waals surface area contributed by atoms with Gasteiger partial charge in [0.15, 0.2) is 0 Å². The van der Waals surface area contributed by atoms with E-state index in [0.29, 0.717) is 12.4 Å². The van der Waals surface area contributed by atoms with Crippen LogP contribution in [0.4, 0.5) is 5.82 Å². The topological polar surface area (TPSA) is 201 Å². The summed E-state index contributed by atoms with van der Waals surface area (Å²) in [7, 11) is -3.92. The Morgan fingerprint density at radius 1 is 0.698 bits per heavy atom. The van der Waals surface area contributed by atoms with Gasteiger partial charge in [0.1, 0.15) is 24.8 Å². The molecule has 16 heteroatoms. The molecule has 15 nitrogen and oxygen atoms in total. The zero-order chi connectivity index (χ0) is 38.2. The maximum absolute atomic E-state index is 12.9. The molecular weight excluding hydrogens is 708 g/mol. The number of aromatic nitrogens is 1. The average Bonchev–Trinajstić information content (AvgIpc) is 3.14. The van der Waals surface area contributed by atoms with Gasteiger partial charge in [-0.15, -0.1) is 0 Å². The Bertz CT molecular complexity index is 1620. The van der Waals surface area contributed by atoms with Crippen molar-refractivity contribution < 1.29 is 51.6 Å². The molecule has 3 aromatic rings. The highest BCUT2D eigenvalue weighted by Gasteiger charge is 2.16. The van der Waals surface area contributed by atoms with Crippen LogP contribution in [0.5, 0.6) is 5.75 Å². The molecule has 0 radical (unpaired) electrons. The van der Waals surface area contributed by atoms with Gasteiger partial charge in [0, 0.05) is 25.7 Å². The van der Waals surface area contributed by atoms with Gasteiger partial charge >= 0.3 is 5.97 Å². The molecule has 0 atom stereocenters. The first kappa shape index (κ1) is 42.8. The normalized spacial score (nSPS) is 11.2. The van der Waals surface area contributed by atoms with Crippen molar-refractivity contribution in [1.29, 1.82) is 0 Å². The highest BCUT2D eigenvalue weighted by Crippen LogP contribution is 2.19.